The number of benzene rings is 2. The first-order chi connectivity index (χ1) is 8.06. The molecule has 0 aliphatic heterocycles. The molecule has 2 nitrogen and oxygen atoms in total. The van der Waals surface area contributed by atoms with Crippen molar-refractivity contribution in [2.75, 3.05) is 11.1 Å². The predicted octanol–water partition coefficient (Wildman–Crippen LogP) is 4.63. The lowest BCUT2D eigenvalue weighted by atomic mass is 10.2. The molecule has 17 heavy (non-hydrogen) atoms. The smallest absolute Gasteiger partial charge is 0.0642 e. The van der Waals surface area contributed by atoms with E-state index < -0.39 is 0 Å². The van der Waals surface area contributed by atoms with E-state index in [9.17, 15) is 0 Å². The quantitative estimate of drug-likeness (QED) is 0.778. The van der Waals surface area contributed by atoms with Crippen LogP contribution in [0, 0.1) is 6.92 Å². The van der Waals surface area contributed by atoms with E-state index in [1.807, 2.05) is 25.1 Å². The summed E-state index contributed by atoms with van der Waals surface area (Å²) in [5.41, 5.74) is 9.29. The maximum Gasteiger partial charge on any atom is 0.0642 e. The minimum absolute atomic E-state index is 0.619. The van der Waals surface area contributed by atoms with E-state index in [1.165, 1.54) is 0 Å². The van der Waals surface area contributed by atoms with Crippen LogP contribution in [0.2, 0.25) is 10.0 Å². The lowest BCUT2D eigenvalue weighted by molar-refractivity contribution is 1.45. The van der Waals surface area contributed by atoms with Gasteiger partial charge in [-0.2, -0.15) is 0 Å². The number of rotatable bonds is 2. The molecule has 2 aromatic carbocycles. The zero-order valence-corrected chi connectivity index (χ0v) is 10.8. The monoisotopic (exact) mass is 266 g/mol. The minimum atomic E-state index is 0.619. The van der Waals surface area contributed by atoms with Crippen molar-refractivity contribution >= 4 is 40.3 Å². The van der Waals surface area contributed by atoms with Crippen molar-refractivity contribution in [3.05, 3.63) is 52.0 Å². The summed E-state index contributed by atoms with van der Waals surface area (Å²) in [4.78, 5) is 0. The number of aryl methyl sites for hydroxylation is 1. The van der Waals surface area contributed by atoms with Crippen LogP contribution >= 0.6 is 23.2 Å². The number of nitrogen functional groups attached to an aromatic ring is 1. The minimum Gasteiger partial charge on any atom is -0.398 e. The van der Waals surface area contributed by atoms with Crippen LogP contribution in [0.25, 0.3) is 0 Å². The van der Waals surface area contributed by atoms with E-state index in [0.29, 0.717) is 10.0 Å². The molecule has 0 saturated heterocycles. The second kappa shape index (κ2) is 4.86. The Balaban J connectivity index is 2.31. The molecule has 0 spiro atoms. The molecule has 0 aliphatic rings. The molecule has 0 heterocycles. The van der Waals surface area contributed by atoms with E-state index in [-0.39, 0.29) is 0 Å². The van der Waals surface area contributed by atoms with Crippen molar-refractivity contribution in [3.8, 4) is 0 Å². The van der Waals surface area contributed by atoms with Crippen LogP contribution in [0.5, 0.6) is 0 Å². The lowest BCUT2D eigenvalue weighted by Crippen LogP contribution is -1.95. The van der Waals surface area contributed by atoms with Gasteiger partial charge in [-0.15, -0.1) is 0 Å². The molecule has 0 fully saturated rings. The zero-order valence-electron chi connectivity index (χ0n) is 9.30. The van der Waals surface area contributed by atoms with Gasteiger partial charge in [-0.25, -0.2) is 0 Å². The fraction of sp³-hybridized carbons (Fsp3) is 0.0769. The van der Waals surface area contributed by atoms with Gasteiger partial charge in [-0.05, 0) is 42.8 Å². The van der Waals surface area contributed by atoms with Crippen LogP contribution < -0.4 is 11.1 Å². The highest BCUT2D eigenvalue weighted by Gasteiger charge is 2.03. The van der Waals surface area contributed by atoms with Gasteiger partial charge in [0.2, 0.25) is 0 Å². The molecule has 0 radical (unpaired) electrons. The van der Waals surface area contributed by atoms with Gasteiger partial charge in [0.15, 0.2) is 0 Å². The highest BCUT2D eigenvalue weighted by atomic mass is 35.5. The number of nitrogens with one attached hydrogen (secondary N) is 1. The van der Waals surface area contributed by atoms with Gasteiger partial charge < -0.3 is 11.1 Å². The molecule has 2 rings (SSSR count). The van der Waals surface area contributed by atoms with Gasteiger partial charge in [-0.1, -0.05) is 29.3 Å². The molecule has 0 aromatic heterocycles. The van der Waals surface area contributed by atoms with Crippen molar-refractivity contribution in [1.29, 1.82) is 0 Å². The number of nitrogens with two attached hydrogens (primary N) is 1. The average molecular weight is 267 g/mol. The van der Waals surface area contributed by atoms with E-state index >= 15 is 0 Å². The van der Waals surface area contributed by atoms with Gasteiger partial charge >= 0.3 is 0 Å². The molecule has 2 aromatic rings. The van der Waals surface area contributed by atoms with Crippen molar-refractivity contribution in [3.63, 3.8) is 0 Å². The Hall–Kier alpha value is -1.38. The fourth-order valence-corrected chi connectivity index (χ4v) is 1.80. The first-order valence-electron chi connectivity index (χ1n) is 5.14. The van der Waals surface area contributed by atoms with Crippen LogP contribution in [0.3, 0.4) is 0 Å². The molecule has 0 amide bonds. The van der Waals surface area contributed by atoms with Gasteiger partial charge in [0, 0.05) is 16.4 Å². The summed E-state index contributed by atoms with van der Waals surface area (Å²) in [6.07, 6.45) is 0. The Morgan fingerprint density at radius 2 is 1.82 bits per heavy atom. The Morgan fingerprint density at radius 3 is 2.53 bits per heavy atom. The summed E-state index contributed by atoms with van der Waals surface area (Å²) in [5, 5.41) is 4.44. The average Bonchev–Trinajstić information content (AvgIpc) is 2.29. The molecule has 0 atom stereocenters. The maximum atomic E-state index is 6.06. The maximum absolute atomic E-state index is 6.06. The summed E-state index contributed by atoms with van der Waals surface area (Å²) in [6.45, 7) is 1.96. The molecular formula is C13H12Cl2N2. The van der Waals surface area contributed by atoms with E-state index in [0.717, 1.165) is 22.6 Å². The van der Waals surface area contributed by atoms with Crippen LogP contribution in [0.15, 0.2) is 36.4 Å². The van der Waals surface area contributed by atoms with Gasteiger partial charge in [-0.3, -0.25) is 0 Å². The van der Waals surface area contributed by atoms with Gasteiger partial charge in [0.1, 0.15) is 0 Å². The highest BCUT2D eigenvalue weighted by molar-refractivity contribution is 6.35. The first-order valence-corrected chi connectivity index (χ1v) is 5.90. The topological polar surface area (TPSA) is 38.0 Å². The molecule has 0 bridgehead atoms. The third kappa shape index (κ3) is 2.84. The van der Waals surface area contributed by atoms with Crippen molar-refractivity contribution in [2.24, 2.45) is 0 Å². The third-order valence-corrected chi connectivity index (χ3v) is 3.05. The summed E-state index contributed by atoms with van der Waals surface area (Å²) in [6, 6.07) is 11.0. The lowest BCUT2D eigenvalue weighted by Gasteiger charge is -2.10. The molecule has 0 aliphatic carbocycles. The Kier molecular flexibility index (Phi) is 3.46. The van der Waals surface area contributed by atoms with Crippen molar-refractivity contribution < 1.29 is 0 Å². The number of hydrogen-bond acceptors (Lipinski definition) is 2. The Bertz CT molecular complexity index is 553. The molecule has 0 unspecified atom stereocenters. The van der Waals surface area contributed by atoms with Crippen LogP contribution in [0.1, 0.15) is 5.56 Å². The fourth-order valence-electron chi connectivity index (χ4n) is 1.47. The first kappa shape index (κ1) is 12.1. The van der Waals surface area contributed by atoms with E-state index in [2.05, 4.69) is 5.32 Å². The summed E-state index contributed by atoms with van der Waals surface area (Å²) >= 11 is 12.0. The molecule has 4 heteroatoms. The second-order valence-corrected chi connectivity index (χ2v) is 4.66. The number of hydrogen-bond donors (Lipinski definition) is 2. The van der Waals surface area contributed by atoms with Gasteiger partial charge in [0.25, 0.3) is 0 Å². The van der Waals surface area contributed by atoms with Crippen LogP contribution in [0.4, 0.5) is 17.1 Å². The second-order valence-electron chi connectivity index (χ2n) is 3.82. The molecular weight excluding hydrogens is 255 g/mol. The van der Waals surface area contributed by atoms with Crippen LogP contribution in [-0.2, 0) is 0 Å². The SMILES string of the molecule is Cc1ccc(Nc2cc(Cl)ccc2Cl)cc1N. The standard InChI is InChI=1S/C13H12Cl2N2/c1-8-2-4-10(7-12(8)16)17-13-6-9(14)3-5-11(13)15/h2-7,17H,16H2,1H3. The summed E-state index contributed by atoms with van der Waals surface area (Å²) < 4.78 is 0. The van der Waals surface area contributed by atoms with Crippen molar-refractivity contribution in [2.45, 2.75) is 6.92 Å². The van der Waals surface area contributed by atoms with E-state index in [4.69, 9.17) is 28.9 Å². The van der Waals surface area contributed by atoms with E-state index in [1.54, 1.807) is 18.2 Å². The molecule has 3 N–H and O–H groups in total. The highest BCUT2D eigenvalue weighted by Crippen LogP contribution is 2.29. The Morgan fingerprint density at radius 1 is 1.06 bits per heavy atom. The van der Waals surface area contributed by atoms with Crippen molar-refractivity contribution in [1.82, 2.24) is 0 Å². The third-order valence-electron chi connectivity index (χ3n) is 2.49. The summed E-state index contributed by atoms with van der Waals surface area (Å²) in [5.74, 6) is 0. The van der Waals surface area contributed by atoms with Gasteiger partial charge in [0.05, 0.1) is 10.7 Å². The number of anilines is 3. The zero-order chi connectivity index (χ0) is 12.4. The largest absolute Gasteiger partial charge is 0.398 e. The number of halogens is 2. The normalized spacial score (nSPS) is 10.3. The predicted molar refractivity (Wildman–Crippen MR) is 75.3 cm³/mol. The molecule has 0 saturated carbocycles. The summed E-state index contributed by atoms with van der Waals surface area (Å²) in [7, 11) is 0. The van der Waals surface area contributed by atoms with Crippen LogP contribution in [-0.4, -0.2) is 0 Å². The molecule has 88 valence electrons. The Labute approximate surface area is 110 Å².